The van der Waals surface area contributed by atoms with Crippen molar-refractivity contribution in [3.05, 3.63) is 29.8 Å². The molecule has 19 heavy (non-hydrogen) atoms. The second-order valence-electron chi connectivity index (χ2n) is 4.21. The molecule has 5 nitrogen and oxygen atoms in total. The molecule has 0 saturated heterocycles. The molecule has 1 aromatic rings. The third-order valence-corrected chi connectivity index (χ3v) is 3.97. The van der Waals surface area contributed by atoms with Gasteiger partial charge in [0.15, 0.2) is 0 Å². The third kappa shape index (κ3) is 5.23. The second kappa shape index (κ2) is 6.95. The quantitative estimate of drug-likeness (QED) is 0.580. The Morgan fingerprint density at radius 2 is 2.16 bits per heavy atom. The molecule has 0 radical (unpaired) electrons. The van der Waals surface area contributed by atoms with Crippen LogP contribution in [0.4, 0.5) is 0 Å². The Kier molecular flexibility index (Phi) is 5.86. The minimum absolute atomic E-state index is 0.0717. The molecule has 0 fully saturated rings. The summed E-state index contributed by atoms with van der Waals surface area (Å²) in [6.07, 6.45) is 0.0717. The Hall–Kier alpha value is -1.02. The van der Waals surface area contributed by atoms with Crippen molar-refractivity contribution in [3.63, 3.8) is 0 Å². The zero-order chi connectivity index (χ0) is 14.5. The zero-order valence-electron chi connectivity index (χ0n) is 10.9. The van der Waals surface area contributed by atoms with E-state index in [1.54, 1.807) is 12.1 Å². The van der Waals surface area contributed by atoms with Crippen LogP contribution >= 0.6 is 12.2 Å². The highest BCUT2D eigenvalue weighted by molar-refractivity contribution is 7.89. The van der Waals surface area contributed by atoms with Crippen molar-refractivity contribution in [1.29, 1.82) is 0 Å². The molecule has 0 heterocycles. The number of nitrogens with one attached hydrogen (secondary N) is 1. The zero-order valence-corrected chi connectivity index (χ0v) is 12.6. The van der Waals surface area contributed by atoms with Crippen LogP contribution in [-0.2, 0) is 14.8 Å². The predicted molar refractivity (Wildman–Crippen MR) is 78.6 cm³/mol. The molecule has 0 aliphatic heterocycles. The van der Waals surface area contributed by atoms with Gasteiger partial charge in [-0.15, -0.1) is 0 Å². The highest BCUT2D eigenvalue weighted by Gasteiger charge is 2.14. The van der Waals surface area contributed by atoms with Crippen LogP contribution in [0.5, 0.6) is 0 Å². The van der Waals surface area contributed by atoms with E-state index in [1.807, 2.05) is 13.8 Å². The van der Waals surface area contributed by atoms with Crippen LogP contribution in [0.25, 0.3) is 0 Å². The molecule has 1 aromatic carbocycles. The van der Waals surface area contributed by atoms with Gasteiger partial charge in [0.25, 0.3) is 0 Å². The monoisotopic (exact) mass is 302 g/mol. The van der Waals surface area contributed by atoms with Gasteiger partial charge < -0.3 is 10.5 Å². The first kappa shape index (κ1) is 16.0. The summed E-state index contributed by atoms with van der Waals surface area (Å²) in [5, 5.41) is 0. The predicted octanol–water partition coefficient (Wildman–Crippen LogP) is 1.02. The molecule has 0 bridgehead atoms. The molecular weight excluding hydrogens is 284 g/mol. The maximum atomic E-state index is 12.0. The summed E-state index contributed by atoms with van der Waals surface area (Å²) in [5.74, 6) is 0. The van der Waals surface area contributed by atoms with Crippen LogP contribution in [0, 0.1) is 0 Å². The fraction of sp³-hybridized carbons (Fsp3) is 0.417. The molecule has 0 aromatic heterocycles. The molecule has 0 saturated carbocycles. The Morgan fingerprint density at radius 3 is 2.74 bits per heavy atom. The first-order valence-electron chi connectivity index (χ1n) is 5.84. The first-order valence-corrected chi connectivity index (χ1v) is 7.73. The molecule has 106 valence electrons. The lowest BCUT2D eigenvalue weighted by molar-refractivity contribution is 0.0834. The van der Waals surface area contributed by atoms with Gasteiger partial charge in [-0.1, -0.05) is 24.4 Å². The number of nitrogens with two attached hydrogens (primary N) is 1. The summed E-state index contributed by atoms with van der Waals surface area (Å²) in [6.45, 7) is 4.32. The fourth-order valence-corrected chi connectivity index (χ4v) is 2.56. The number of ether oxygens (including phenoxy) is 1. The van der Waals surface area contributed by atoms with Crippen molar-refractivity contribution in [2.45, 2.75) is 24.8 Å². The van der Waals surface area contributed by atoms with Crippen LogP contribution in [0.2, 0.25) is 0 Å². The molecule has 0 amide bonds. The van der Waals surface area contributed by atoms with Gasteiger partial charge in [-0.05, 0) is 26.0 Å². The van der Waals surface area contributed by atoms with Crippen molar-refractivity contribution < 1.29 is 13.2 Å². The topological polar surface area (TPSA) is 81.4 Å². The average Bonchev–Trinajstić information content (AvgIpc) is 2.34. The Morgan fingerprint density at radius 1 is 1.47 bits per heavy atom. The molecule has 7 heteroatoms. The van der Waals surface area contributed by atoms with Gasteiger partial charge in [-0.2, -0.15) is 0 Å². The molecule has 0 unspecified atom stereocenters. The van der Waals surface area contributed by atoms with E-state index in [-0.39, 0.29) is 22.5 Å². The summed E-state index contributed by atoms with van der Waals surface area (Å²) in [6, 6.07) is 6.22. The van der Waals surface area contributed by atoms with Gasteiger partial charge in [0.05, 0.1) is 17.6 Å². The average molecular weight is 302 g/mol. The normalized spacial score (nSPS) is 11.7. The van der Waals surface area contributed by atoms with Crippen molar-refractivity contribution in [2.24, 2.45) is 5.73 Å². The molecule has 0 aliphatic carbocycles. The van der Waals surface area contributed by atoms with E-state index in [2.05, 4.69) is 4.72 Å². The molecule has 0 aliphatic rings. The van der Waals surface area contributed by atoms with Crippen LogP contribution in [0.1, 0.15) is 19.4 Å². The maximum Gasteiger partial charge on any atom is 0.240 e. The van der Waals surface area contributed by atoms with Gasteiger partial charge in [-0.3, -0.25) is 0 Å². The van der Waals surface area contributed by atoms with Crippen LogP contribution in [-0.4, -0.2) is 32.7 Å². The van der Waals surface area contributed by atoms with Gasteiger partial charge in [0, 0.05) is 12.1 Å². The second-order valence-corrected chi connectivity index (χ2v) is 6.42. The lowest BCUT2D eigenvalue weighted by Gasteiger charge is -2.10. The smallest absolute Gasteiger partial charge is 0.240 e. The third-order valence-electron chi connectivity index (χ3n) is 2.27. The minimum Gasteiger partial charge on any atom is -0.389 e. The van der Waals surface area contributed by atoms with Gasteiger partial charge in [0.1, 0.15) is 4.99 Å². The standard InChI is InChI=1S/C12H18N2O3S2/c1-9(2)17-7-6-14-19(15,16)11-5-3-4-10(8-11)12(13)18/h3-5,8-9,14H,6-7H2,1-2H3,(H2,13,18). The molecule has 0 spiro atoms. The van der Waals surface area contributed by atoms with E-state index in [4.69, 9.17) is 22.7 Å². The van der Waals surface area contributed by atoms with Crippen molar-refractivity contribution in [1.82, 2.24) is 4.72 Å². The fourth-order valence-electron chi connectivity index (χ4n) is 1.37. The maximum absolute atomic E-state index is 12.0. The van der Waals surface area contributed by atoms with Crippen molar-refractivity contribution in [3.8, 4) is 0 Å². The van der Waals surface area contributed by atoms with Gasteiger partial charge in [0.2, 0.25) is 10.0 Å². The molecule has 1 rings (SSSR count). The lowest BCUT2D eigenvalue weighted by Crippen LogP contribution is -2.28. The molecule has 3 N–H and O–H groups in total. The number of hydrogen-bond donors (Lipinski definition) is 2. The summed E-state index contributed by atoms with van der Waals surface area (Å²) in [5.41, 5.74) is 6.00. The largest absolute Gasteiger partial charge is 0.389 e. The Balaban J connectivity index is 2.72. The summed E-state index contributed by atoms with van der Waals surface area (Å²) in [4.78, 5) is 0.308. The van der Waals surface area contributed by atoms with E-state index >= 15 is 0 Å². The van der Waals surface area contributed by atoms with Gasteiger partial charge >= 0.3 is 0 Å². The first-order chi connectivity index (χ1) is 8.83. The number of sulfonamides is 1. The van der Waals surface area contributed by atoms with Crippen LogP contribution in [0.3, 0.4) is 0 Å². The van der Waals surface area contributed by atoms with E-state index in [9.17, 15) is 8.42 Å². The SMILES string of the molecule is CC(C)OCCNS(=O)(=O)c1cccc(C(N)=S)c1. The van der Waals surface area contributed by atoms with E-state index in [1.165, 1.54) is 12.1 Å². The summed E-state index contributed by atoms with van der Waals surface area (Å²) >= 11 is 4.82. The van der Waals surface area contributed by atoms with Crippen molar-refractivity contribution in [2.75, 3.05) is 13.2 Å². The van der Waals surface area contributed by atoms with Crippen LogP contribution < -0.4 is 10.5 Å². The van der Waals surface area contributed by atoms with Gasteiger partial charge in [-0.25, -0.2) is 13.1 Å². The minimum atomic E-state index is -3.56. The molecule has 0 atom stereocenters. The van der Waals surface area contributed by atoms with E-state index < -0.39 is 10.0 Å². The highest BCUT2D eigenvalue weighted by Crippen LogP contribution is 2.11. The van der Waals surface area contributed by atoms with E-state index in [0.717, 1.165) is 0 Å². The lowest BCUT2D eigenvalue weighted by atomic mass is 10.2. The number of rotatable bonds is 7. The Bertz CT molecular complexity index is 542. The summed E-state index contributed by atoms with van der Waals surface area (Å²) in [7, 11) is -3.56. The molecular formula is C12H18N2O3S2. The van der Waals surface area contributed by atoms with Crippen LogP contribution in [0.15, 0.2) is 29.2 Å². The number of thiocarbonyl (C=S) groups is 1. The highest BCUT2D eigenvalue weighted by atomic mass is 32.2. The summed E-state index contributed by atoms with van der Waals surface area (Å²) < 4.78 is 31.7. The van der Waals surface area contributed by atoms with Crippen molar-refractivity contribution >= 4 is 27.2 Å². The number of benzene rings is 1. The Labute approximate surface area is 119 Å². The van der Waals surface area contributed by atoms with E-state index in [0.29, 0.717) is 12.2 Å². The number of hydrogen-bond acceptors (Lipinski definition) is 4.